The average Bonchev–Trinajstić information content (AvgIpc) is 2.46. The summed E-state index contributed by atoms with van der Waals surface area (Å²) in [6.45, 7) is 3.01. The standard InChI is InChI=1S/C15H18FN3O/c1-18-6-8-19(9-7-18)15(20)10-12(11-17)13-4-2-3-5-14(13)16/h2-5,12H,6-10H2,1H3. The Balaban J connectivity index is 2.02. The number of piperazine rings is 1. The first kappa shape index (κ1) is 14.5. The van der Waals surface area contributed by atoms with Gasteiger partial charge in [-0.3, -0.25) is 4.79 Å². The Labute approximate surface area is 118 Å². The number of carbonyl (C=O) groups excluding carboxylic acids is 1. The van der Waals surface area contributed by atoms with E-state index in [-0.39, 0.29) is 12.3 Å². The van der Waals surface area contributed by atoms with Crippen molar-refractivity contribution < 1.29 is 9.18 Å². The molecule has 2 rings (SSSR count). The van der Waals surface area contributed by atoms with E-state index in [1.165, 1.54) is 6.07 Å². The fraction of sp³-hybridized carbons (Fsp3) is 0.467. The van der Waals surface area contributed by atoms with Crippen LogP contribution in [0, 0.1) is 17.1 Å². The molecule has 0 N–H and O–H groups in total. The molecule has 4 nitrogen and oxygen atoms in total. The van der Waals surface area contributed by atoms with Gasteiger partial charge in [-0.05, 0) is 13.1 Å². The minimum Gasteiger partial charge on any atom is -0.340 e. The highest BCUT2D eigenvalue weighted by Gasteiger charge is 2.24. The van der Waals surface area contributed by atoms with Crippen LogP contribution in [0.25, 0.3) is 0 Å². The summed E-state index contributed by atoms with van der Waals surface area (Å²) in [5.41, 5.74) is 0.303. The predicted octanol–water partition coefficient (Wildman–Crippen LogP) is 1.60. The molecule has 1 aliphatic rings. The maximum Gasteiger partial charge on any atom is 0.224 e. The summed E-state index contributed by atoms with van der Waals surface area (Å²) >= 11 is 0. The molecule has 20 heavy (non-hydrogen) atoms. The van der Waals surface area contributed by atoms with Crippen molar-refractivity contribution in [3.63, 3.8) is 0 Å². The first-order valence-electron chi connectivity index (χ1n) is 6.72. The molecule has 1 fully saturated rings. The van der Waals surface area contributed by atoms with Crippen molar-refractivity contribution >= 4 is 5.91 Å². The van der Waals surface area contributed by atoms with Crippen LogP contribution in [0.5, 0.6) is 0 Å². The fourth-order valence-corrected chi connectivity index (χ4v) is 2.34. The third kappa shape index (κ3) is 3.34. The SMILES string of the molecule is CN1CCN(C(=O)CC(C#N)c2ccccc2F)CC1. The van der Waals surface area contributed by atoms with E-state index in [0.29, 0.717) is 18.7 Å². The molecule has 0 aliphatic carbocycles. The summed E-state index contributed by atoms with van der Waals surface area (Å²) in [6, 6.07) is 8.19. The molecule has 5 heteroatoms. The molecule has 1 atom stereocenters. The molecule has 0 aromatic heterocycles. The Morgan fingerprint density at radius 2 is 2.00 bits per heavy atom. The van der Waals surface area contributed by atoms with Gasteiger partial charge in [0.25, 0.3) is 0 Å². The predicted molar refractivity (Wildman–Crippen MR) is 73.4 cm³/mol. The maximum absolute atomic E-state index is 13.7. The lowest BCUT2D eigenvalue weighted by Crippen LogP contribution is -2.47. The van der Waals surface area contributed by atoms with Crippen molar-refractivity contribution in [3.8, 4) is 6.07 Å². The minimum absolute atomic E-state index is 0.0428. The lowest BCUT2D eigenvalue weighted by molar-refractivity contribution is -0.132. The first-order valence-corrected chi connectivity index (χ1v) is 6.72. The van der Waals surface area contributed by atoms with Gasteiger partial charge in [0, 0.05) is 38.2 Å². The summed E-state index contributed by atoms with van der Waals surface area (Å²) in [4.78, 5) is 16.1. The third-order valence-electron chi connectivity index (χ3n) is 3.67. The van der Waals surface area contributed by atoms with Gasteiger partial charge >= 0.3 is 0 Å². The van der Waals surface area contributed by atoms with E-state index >= 15 is 0 Å². The number of amides is 1. The van der Waals surface area contributed by atoms with Crippen LogP contribution < -0.4 is 0 Å². The van der Waals surface area contributed by atoms with Crippen molar-refractivity contribution in [2.45, 2.75) is 12.3 Å². The highest BCUT2D eigenvalue weighted by atomic mass is 19.1. The molecule has 1 amide bonds. The second-order valence-corrected chi connectivity index (χ2v) is 5.09. The lowest BCUT2D eigenvalue weighted by Gasteiger charge is -2.32. The largest absolute Gasteiger partial charge is 0.340 e. The van der Waals surface area contributed by atoms with Gasteiger partial charge in [-0.1, -0.05) is 18.2 Å². The Bertz CT molecular complexity index is 518. The van der Waals surface area contributed by atoms with E-state index in [9.17, 15) is 14.4 Å². The molecule has 1 heterocycles. The third-order valence-corrected chi connectivity index (χ3v) is 3.67. The molecule has 1 saturated heterocycles. The Morgan fingerprint density at radius 1 is 1.35 bits per heavy atom. The van der Waals surface area contributed by atoms with Crippen molar-refractivity contribution in [3.05, 3.63) is 35.6 Å². The molecule has 1 aliphatic heterocycles. The van der Waals surface area contributed by atoms with E-state index in [4.69, 9.17) is 0 Å². The molecule has 0 saturated carbocycles. The van der Waals surface area contributed by atoms with Crippen molar-refractivity contribution in [2.24, 2.45) is 0 Å². The van der Waals surface area contributed by atoms with Gasteiger partial charge in [-0.2, -0.15) is 5.26 Å². The molecule has 0 bridgehead atoms. The quantitative estimate of drug-likeness (QED) is 0.841. The van der Waals surface area contributed by atoms with E-state index in [1.807, 2.05) is 13.1 Å². The highest BCUT2D eigenvalue weighted by Crippen LogP contribution is 2.23. The number of halogens is 1. The second-order valence-electron chi connectivity index (χ2n) is 5.09. The van der Waals surface area contributed by atoms with Gasteiger partial charge < -0.3 is 9.80 Å². The zero-order chi connectivity index (χ0) is 14.5. The van der Waals surface area contributed by atoms with Crippen LogP contribution >= 0.6 is 0 Å². The van der Waals surface area contributed by atoms with Gasteiger partial charge in [0.15, 0.2) is 0 Å². The number of rotatable bonds is 3. The van der Waals surface area contributed by atoms with Gasteiger partial charge in [0.05, 0.1) is 12.0 Å². The lowest BCUT2D eigenvalue weighted by atomic mass is 9.96. The zero-order valence-electron chi connectivity index (χ0n) is 11.6. The van der Waals surface area contributed by atoms with Crippen molar-refractivity contribution in [1.29, 1.82) is 5.26 Å². The number of benzene rings is 1. The molecule has 0 radical (unpaired) electrons. The number of carbonyl (C=O) groups is 1. The maximum atomic E-state index is 13.7. The van der Waals surface area contributed by atoms with Crippen molar-refractivity contribution in [2.75, 3.05) is 33.2 Å². The number of likely N-dealkylation sites (N-methyl/N-ethyl adjacent to an activating group) is 1. The van der Waals surface area contributed by atoms with Crippen LogP contribution in [0.2, 0.25) is 0 Å². The van der Waals surface area contributed by atoms with Gasteiger partial charge in [0.1, 0.15) is 5.82 Å². The fourth-order valence-electron chi connectivity index (χ4n) is 2.34. The van der Waals surface area contributed by atoms with Gasteiger partial charge in [0.2, 0.25) is 5.91 Å². The number of nitriles is 1. The molecule has 106 valence electrons. The van der Waals surface area contributed by atoms with Crippen LogP contribution in [0.3, 0.4) is 0 Å². The van der Waals surface area contributed by atoms with E-state index in [2.05, 4.69) is 4.90 Å². The topological polar surface area (TPSA) is 47.3 Å². The molecular formula is C15H18FN3O. The minimum atomic E-state index is -0.719. The van der Waals surface area contributed by atoms with Gasteiger partial charge in [-0.15, -0.1) is 0 Å². The average molecular weight is 275 g/mol. The Kier molecular flexibility index (Phi) is 4.70. The molecule has 1 aromatic carbocycles. The smallest absolute Gasteiger partial charge is 0.224 e. The van der Waals surface area contributed by atoms with Crippen LogP contribution in [0.1, 0.15) is 17.9 Å². The van der Waals surface area contributed by atoms with Crippen LogP contribution in [0.15, 0.2) is 24.3 Å². The van der Waals surface area contributed by atoms with E-state index in [0.717, 1.165) is 13.1 Å². The Hall–Kier alpha value is -1.93. The molecular weight excluding hydrogens is 257 g/mol. The van der Waals surface area contributed by atoms with Gasteiger partial charge in [-0.25, -0.2) is 4.39 Å². The summed E-state index contributed by atoms with van der Waals surface area (Å²) in [5.74, 6) is -1.22. The van der Waals surface area contributed by atoms with E-state index < -0.39 is 11.7 Å². The summed E-state index contributed by atoms with van der Waals surface area (Å²) < 4.78 is 13.7. The highest BCUT2D eigenvalue weighted by molar-refractivity contribution is 5.77. The number of hydrogen-bond acceptors (Lipinski definition) is 3. The normalized spacial score (nSPS) is 17.6. The summed E-state index contributed by atoms with van der Waals surface area (Å²) in [5, 5.41) is 9.20. The summed E-state index contributed by atoms with van der Waals surface area (Å²) in [7, 11) is 2.01. The number of hydrogen-bond donors (Lipinski definition) is 0. The Morgan fingerprint density at radius 3 is 2.60 bits per heavy atom. The number of nitrogens with zero attached hydrogens (tertiary/aromatic N) is 3. The van der Waals surface area contributed by atoms with Crippen LogP contribution in [0.4, 0.5) is 4.39 Å². The zero-order valence-corrected chi connectivity index (χ0v) is 11.6. The summed E-state index contributed by atoms with van der Waals surface area (Å²) in [6.07, 6.45) is 0.0428. The van der Waals surface area contributed by atoms with Crippen LogP contribution in [-0.4, -0.2) is 48.9 Å². The van der Waals surface area contributed by atoms with Crippen molar-refractivity contribution in [1.82, 2.24) is 9.80 Å². The van der Waals surface area contributed by atoms with Crippen LogP contribution in [-0.2, 0) is 4.79 Å². The molecule has 1 aromatic rings. The first-order chi connectivity index (χ1) is 9.61. The second kappa shape index (κ2) is 6.49. The van der Waals surface area contributed by atoms with E-state index in [1.54, 1.807) is 23.1 Å². The molecule has 1 unspecified atom stereocenters. The molecule has 0 spiro atoms. The monoisotopic (exact) mass is 275 g/mol.